The smallest absolute Gasteiger partial charge is 0.269 e. The normalized spacial score (nSPS) is 15.6. The number of nitro benzene ring substituents is 1. The first-order valence-corrected chi connectivity index (χ1v) is 8.22. The van der Waals surface area contributed by atoms with Gasteiger partial charge in [-0.1, -0.05) is 18.2 Å². The van der Waals surface area contributed by atoms with Crippen molar-refractivity contribution in [3.63, 3.8) is 0 Å². The maximum absolute atomic E-state index is 10.7. The van der Waals surface area contributed by atoms with Gasteiger partial charge in [-0.05, 0) is 65.8 Å². The lowest BCUT2D eigenvalue weighted by molar-refractivity contribution is -0.384. The van der Waals surface area contributed by atoms with E-state index in [2.05, 4.69) is 35.4 Å². The average Bonchev–Trinajstić information content (AvgIpc) is 2.61. The predicted octanol–water partition coefficient (Wildman–Crippen LogP) is 4.59. The molecule has 0 bridgehead atoms. The standard InChI is InChI=1S/C20H18N2O2/c23-22(24)19-9-7-15(8-10-19)5-6-16-13-17-3-1-11-21-12-2-4-18(14-16)20(17)21/h1,5-11,13-14H,2-4,12H2. The molecule has 4 rings (SSSR count). The molecule has 0 saturated carbocycles. The summed E-state index contributed by atoms with van der Waals surface area (Å²) in [5.74, 6) is 0. The number of allylic oxidation sites excluding steroid dienone is 1. The monoisotopic (exact) mass is 318 g/mol. The van der Waals surface area contributed by atoms with Crippen molar-refractivity contribution in [2.24, 2.45) is 0 Å². The molecule has 0 radical (unpaired) electrons. The Morgan fingerprint density at radius 2 is 1.79 bits per heavy atom. The molecular formula is C20H18N2O2. The van der Waals surface area contributed by atoms with Crippen LogP contribution in [0.5, 0.6) is 0 Å². The molecule has 0 unspecified atom stereocenters. The Bertz CT molecular complexity index is 851. The molecule has 120 valence electrons. The lowest BCUT2D eigenvalue weighted by atomic mass is 9.92. The summed E-state index contributed by atoms with van der Waals surface area (Å²) < 4.78 is 0. The van der Waals surface area contributed by atoms with Gasteiger partial charge in [0.05, 0.1) is 4.92 Å². The number of aryl methyl sites for hydroxylation is 1. The first-order valence-electron chi connectivity index (χ1n) is 8.22. The van der Waals surface area contributed by atoms with Gasteiger partial charge in [-0.3, -0.25) is 10.1 Å². The number of hydrogen-bond acceptors (Lipinski definition) is 3. The molecule has 0 atom stereocenters. The molecule has 2 heterocycles. The molecule has 2 aliphatic rings. The molecule has 0 N–H and O–H groups in total. The fraction of sp³-hybridized carbons (Fsp3) is 0.200. The van der Waals surface area contributed by atoms with Gasteiger partial charge in [-0.15, -0.1) is 0 Å². The van der Waals surface area contributed by atoms with Gasteiger partial charge in [-0.2, -0.15) is 0 Å². The number of rotatable bonds is 3. The van der Waals surface area contributed by atoms with Crippen LogP contribution in [0.25, 0.3) is 12.2 Å². The van der Waals surface area contributed by atoms with Crippen molar-refractivity contribution in [2.75, 3.05) is 11.4 Å². The Labute approximate surface area is 140 Å². The number of anilines is 1. The summed E-state index contributed by atoms with van der Waals surface area (Å²) in [4.78, 5) is 12.7. The van der Waals surface area contributed by atoms with Crippen LogP contribution in [0.2, 0.25) is 0 Å². The summed E-state index contributed by atoms with van der Waals surface area (Å²) in [5, 5.41) is 10.7. The van der Waals surface area contributed by atoms with Gasteiger partial charge in [0.1, 0.15) is 0 Å². The van der Waals surface area contributed by atoms with Crippen molar-refractivity contribution >= 4 is 23.5 Å². The third-order valence-electron chi connectivity index (χ3n) is 4.62. The average molecular weight is 318 g/mol. The molecule has 0 amide bonds. The topological polar surface area (TPSA) is 46.4 Å². The highest BCUT2D eigenvalue weighted by atomic mass is 16.6. The van der Waals surface area contributed by atoms with Crippen LogP contribution < -0.4 is 4.90 Å². The maximum Gasteiger partial charge on any atom is 0.269 e. The Balaban J connectivity index is 1.62. The quantitative estimate of drug-likeness (QED) is 0.472. The van der Waals surface area contributed by atoms with Crippen LogP contribution >= 0.6 is 0 Å². The highest BCUT2D eigenvalue weighted by Crippen LogP contribution is 2.35. The van der Waals surface area contributed by atoms with E-state index < -0.39 is 0 Å². The summed E-state index contributed by atoms with van der Waals surface area (Å²) in [6.07, 6.45) is 11.8. The second kappa shape index (κ2) is 5.96. The van der Waals surface area contributed by atoms with Gasteiger partial charge in [0.15, 0.2) is 0 Å². The molecule has 0 aromatic heterocycles. The molecule has 0 fully saturated rings. The minimum absolute atomic E-state index is 0.122. The van der Waals surface area contributed by atoms with E-state index in [1.54, 1.807) is 24.3 Å². The van der Waals surface area contributed by atoms with Crippen LogP contribution in [-0.2, 0) is 12.8 Å². The fourth-order valence-electron chi connectivity index (χ4n) is 3.51. The third-order valence-corrected chi connectivity index (χ3v) is 4.62. The van der Waals surface area contributed by atoms with Crippen LogP contribution in [-0.4, -0.2) is 11.5 Å². The summed E-state index contributed by atoms with van der Waals surface area (Å²) in [6, 6.07) is 11.2. The van der Waals surface area contributed by atoms with Crippen LogP contribution in [0, 0.1) is 10.1 Å². The van der Waals surface area contributed by atoms with Crippen LogP contribution in [0.15, 0.2) is 48.7 Å². The van der Waals surface area contributed by atoms with Crippen molar-refractivity contribution in [1.82, 2.24) is 0 Å². The Morgan fingerprint density at radius 3 is 2.58 bits per heavy atom. The lowest BCUT2D eigenvalue weighted by Gasteiger charge is -2.33. The van der Waals surface area contributed by atoms with E-state index in [9.17, 15) is 10.1 Å². The van der Waals surface area contributed by atoms with Crippen LogP contribution in [0.3, 0.4) is 0 Å². The zero-order valence-electron chi connectivity index (χ0n) is 13.3. The highest BCUT2D eigenvalue weighted by Gasteiger charge is 2.21. The number of nitro groups is 1. The SMILES string of the molecule is O=[N+]([O-])c1ccc(C=Cc2cc3c4c(c2)CCCN4C=CC3)cc1. The minimum atomic E-state index is -0.374. The number of non-ortho nitro benzene ring substituents is 1. The van der Waals surface area contributed by atoms with Crippen molar-refractivity contribution in [3.05, 3.63) is 81.0 Å². The second-order valence-electron chi connectivity index (χ2n) is 6.26. The van der Waals surface area contributed by atoms with Gasteiger partial charge in [0.2, 0.25) is 0 Å². The molecule has 0 saturated heterocycles. The summed E-state index contributed by atoms with van der Waals surface area (Å²) in [7, 11) is 0. The molecule has 2 aliphatic heterocycles. The van der Waals surface area contributed by atoms with Crippen molar-refractivity contribution in [2.45, 2.75) is 19.3 Å². The number of nitrogens with zero attached hydrogens (tertiary/aromatic N) is 2. The fourth-order valence-corrected chi connectivity index (χ4v) is 3.51. The van der Waals surface area contributed by atoms with Gasteiger partial charge in [0.25, 0.3) is 5.69 Å². The van der Waals surface area contributed by atoms with E-state index in [0.29, 0.717) is 0 Å². The molecular weight excluding hydrogens is 300 g/mol. The van der Waals surface area contributed by atoms with Gasteiger partial charge >= 0.3 is 0 Å². The summed E-state index contributed by atoms with van der Waals surface area (Å²) >= 11 is 0. The molecule has 0 aliphatic carbocycles. The van der Waals surface area contributed by atoms with Gasteiger partial charge in [-0.25, -0.2) is 0 Å². The van der Waals surface area contributed by atoms with Crippen molar-refractivity contribution in [1.29, 1.82) is 0 Å². The predicted molar refractivity (Wildman–Crippen MR) is 97.0 cm³/mol. The summed E-state index contributed by atoms with van der Waals surface area (Å²) in [6.45, 7) is 1.11. The largest absolute Gasteiger partial charge is 0.348 e. The molecule has 2 aromatic rings. The molecule has 2 aromatic carbocycles. The van der Waals surface area contributed by atoms with Crippen LogP contribution in [0.1, 0.15) is 28.7 Å². The van der Waals surface area contributed by atoms with Crippen molar-refractivity contribution in [3.8, 4) is 0 Å². The molecule has 4 heteroatoms. The number of benzene rings is 2. The Kier molecular flexibility index (Phi) is 3.65. The second-order valence-corrected chi connectivity index (χ2v) is 6.26. The highest BCUT2D eigenvalue weighted by molar-refractivity contribution is 5.75. The van der Waals surface area contributed by atoms with E-state index in [1.165, 1.54) is 28.8 Å². The Morgan fingerprint density at radius 1 is 1.04 bits per heavy atom. The summed E-state index contributed by atoms with van der Waals surface area (Å²) in [5.41, 5.74) is 6.49. The van der Waals surface area contributed by atoms with E-state index >= 15 is 0 Å². The third kappa shape index (κ3) is 2.71. The van der Waals surface area contributed by atoms with E-state index in [4.69, 9.17) is 0 Å². The first-order chi connectivity index (χ1) is 11.7. The van der Waals surface area contributed by atoms with E-state index in [0.717, 1.165) is 24.9 Å². The molecule has 0 spiro atoms. The van der Waals surface area contributed by atoms with E-state index in [1.807, 2.05) is 6.08 Å². The van der Waals surface area contributed by atoms with Gasteiger partial charge < -0.3 is 4.90 Å². The lowest BCUT2D eigenvalue weighted by Crippen LogP contribution is -2.27. The zero-order chi connectivity index (χ0) is 16.5. The molecule has 4 nitrogen and oxygen atoms in total. The van der Waals surface area contributed by atoms with E-state index in [-0.39, 0.29) is 10.6 Å². The maximum atomic E-state index is 10.7. The minimum Gasteiger partial charge on any atom is -0.348 e. The first kappa shape index (κ1) is 14.7. The molecule has 24 heavy (non-hydrogen) atoms. The number of hydrogen-bond donors (Lipinski definition) is 0. The van der Waals surface area contributed by atoms with Crippen molar-refractivity contribution < 1.29 is 4.92 Å². The van der Waals surface area contributed by atoms with Gasteiger partial charge in [0, 0.05) is 30.6 Å². The van der Waals surface area contributed by atoms with Crippen LogP contribution in [0.4, 0.5) is 11.4 Å². The Hall–Kier alpha value is -2.88. The zero-order valence-corrected chi connectivity index (χ0v) is 13.3.